The van der Waals surface area contributed by atoms with Gasteiger partial charge in [0.2, 0.25) is 0 Å². The number of benzene rings is 1. The SMILES string of the molecule is c1c[nH]c(-c2ccc(-c3nccs3)c(-c3ccn[nH]3)c2-c2ncc[nH]2)c1. The first-order valence-electron chi connectivity index (χ1n) is 8.12. The van der Waals surface area contributed by atoms with Crippen molar-refractivity contribution in [2.24, 2.45) is 0 Å². The second-order valence-corrected chi connectivity index (χ2v) is 6.63. The van der Waals surface area contributed by atoms with Crippen LogP contribution in [0.25, 0.3) is 44.5 Å². The number of thiazole rings is 1. The second kappa shape index (κ2) is 6.12. The van der Waals surface area contributed by atoms with E-state index >= 15 is 0 Å². The van der Waals surface area contributed by atoms with Crippen molar-refractivity contribution in [2.45, 2.75) is 0 Å². The van der Waals surface area contributed by atoms with E-state index in [-0.39, 0.29) is 0 Å². The summed E-state index contributed by atoms with van der Waals surface area (Å²) in [5.74, 6) is 0.803. The molecule has 0 saturated carbocycles. The average Bonchev–Trinajstić information content (AvgIpc) is 3.49. The first kappa shape index (κ1) is 14.9. The van der Waals surface area contributed by atoms with Gasteiger partial charge in [-0.25, -0.2) is 9.97 Å². The van der Waals surface area contributed by atoms with Crippen LogP contribution in [0.4, 0.5) is 0 Å². The molecule has 0 aliphatic heterocycles. The first-order chi connectivity index (χ1) is 12.9. The average molecular weight is 358 g/mol. The van der Waals surface area contributed by atoms with Gasteiger partial charge in [-0.15, -0.1) is 11.3 Å². The number of nitrogens with one attached hydrogen (secondary N) is 3. The molecule has 3 N–H and O–H groups in total. The highest BCUT2D eigenvalue weighted by molar-refractivity contribution is 7.13. The zero-order valence-electron chi connectivity index (χ0n) is 13.6. The third kappa shape index (κ3) is 2.37. The highest BCUT2D eigenvalue weighted by Crippen LogP contribution is 2.43. The van der Waals surface area contributed by atoms with E-state index in [9.17, 15) is 0 Å². The fourth-order valence-electron chi connectivity index (χ4n) is 3.18. The number of hydrogen-bond donors (Lipinski definition) is 3. The molecular formula is C19H14N6S. The highest BCUT2D eigenvalue weighted by atomic mass is 32.1. The molecule has 126 valence electrons. The van der Waals surface area contributed by atoms with Crippen molar-refractivity contribution in [3.63, 3.8) is 0 Å². The van der Waals surface area contributed by atoms with E-state index in [0.717, 1.165) is 44.5 Å². The van der Waals surface area contributed by atoms with E-state index < -0.39 is 0 Å². The molecule has 1 aromatic carbocycles. The lowest BCUT2D eigenvalue weighted by Gasteiger charge is -2.15. The Bertz CT molecular complexity index is 1020. The molecule has 4 heterocycles. The Morgan fingerprint density at radius 2 is 1.73 bits per heavy atom. The van der Waals surface area contributed by atoms with E-state index in [1.165, 1.54) is 0 Å². The van der Waals surface area contributed by atoms with Gasteiger partial charge in [0.15, 0.2) is 0 Å². The van der Waals surface area contributed by atoms with Crippen molar-refractivity contribution >= 4 is 11.3 Å². The van der Waals surface area contributed by atoms with Crippen molar-refractivity contribution in [2.75, 3.05) is 0 Å². The van der Waals surface area contributed by atoms with Crippen LogP contribution in [-0.2, 0) is 0 Å². The quantitative estimate of drug-likeness (QED) is 0.439. The predicted octanol–water partition coefficient (Wildman–Crippen LogP) is 4.59. The number of imidazole rings is 1. The lowest BCUT2D eigenvalue weighted by Crippen LogP contribution is -1.96. The smallest absolute Gasteiger partial charge is 0.138 e. The molecule has 5 rings (SSSR count). The molecule has 0 fully saturated rings. The molecule has 0 bridgehead atoms. The number of nitrogens with zero attached hydrogens (tertiary/aromatic N) is 3. The van der Waals surface area contributed by atoms with E-state index in [0.29, 0.717) is 0 Å². The van der Waals surface area contributed by atoms with Crippen LogP contribution in [0.2, 0.25) is 0 Å². The summed E-state index contributed by atoms with van der Waals surface area (Å²) in [5, 5.41) is 10.2. The molecule has 0 aliphatic rings. The molecule has 0 aliphatic carbocycles. The first-order valence-corrected chi connectivity index (χ1v) is 9.00. The van der Waals surface area contributed by atoms with Crippen molar-refractivity contribution in [1.29, 1.82) is 0 Å². The summed E-state index contributed by atoms with van der Waals surface area (Å²) in [6.07, 6.45) is 9.10. The van der Waals surface area contributed by atoms with Crippen LogP contribution in [0, 0.1) is 0 Å². The van der Waals surface area contributed by atoms with E-state index in [1.807, 2.05) is 36.1 Å². The van der Waals surface area contributed by atoms with Crippen molar-refractivity contribution in [3.8, 4) is 44.5 Å². The Balaban J connectivity index is 1.90. The van der Waals surface area contributed by atoms with Gasteiger partial charge in [-0.3, -0.25) is 5.10 Å². The molecule has 6 nitrogen and oxygen atoms in total. The maximum atomic E-state index is 4.53. The van der Waals surface area contributed by atoms with Crippen LogP contribution in [0.1, 0.15) is 0 Å². The fourth-order valence-corrected chi connectivity index (χ4v) is 3.85. The normalized spacial score (nSPS) is 11.1. The van der Waals surface area contributed by atoms with E-state index in [2.05, 4.69) is 48.3 Å². The van der Waals surface area contributed by atoms with Crippen LogP contribution >= 0.6 is 11.3 Å². The minimum absolute atomic E-state index is 0.803. The zero-order valence-corrected chi connectivity index (χ0v) is 14.4. The summed E-state index contributed by atoms with van der Waals surface area (Å²) in [7, 11) is 0. The van der Waals surface area contributed by atoms with Crippen LogP contribution in [0.5, 0.6) is 0 Å². The Hall–Kier alpha value is -3.45. The number of aromatic amines is 3. The third-order valence-corrected chi connectivity index (χ3v) is 5.07. The summed E-state index contributed by atoms with van der Waals surface area (Å²) < 4.78 is 0. The molecule has 4 aromatic heterocycles. The van der Waals surface area contributed by atoms with Gasteiger partial charge < -0.3 is 9.97 Å². The lowest BCUT2D eigenvalue weighted by molar-refractivity contribution is 1.09. The fraction of sp³-hybridized carbons (Fsp3) is 0. The molecular weight excluding hydrogens is 344 g/mol. The van der Waals surface area contributed by atoms with Gasteiger partial charge in [-0.05, 0) is 18.2 Å². The van der Waals surface area contributed by atoms with Crippen LogP contribution in [0.3, 0.4) is 0 Å². The van der Waals surface area contributed by atoms with Crippen molar-refractivity contribution in [1.82, 2.24) is 30.1 Å². The number of rotatable bonds is 4. The third-order valence-electron chi connectivity index (χ3n) is 4.26. The Kier molecular flexibility index (Phi) is 3.50. The Labute approximate surface area is 153 Å². The molecule has 0 radical (unpaired) electrons. The maximum Gasteiger partial charge on any atom is 0.138 e. The molecule has 5 aromatic rings. The maximum absolute atomic E-state index is 4.53. The van der Waals surface area contributed by atoms with E-state index in [4.69, 9.17) is 0 Å². The molecule has 0 atom stereocenters. The predicted molar refractivity (Wildman–Crippen MR) is 103 cm³/mol. The van der Waals surface area contributed by atoms with Gasteiger partial charge >= 0.3 is 0 Å². The van der Waals surface area contributed by atoms with Gasteiger partial charge in [-0.2, -0.15) is 5.10 Å². The summed E-state index contributed by atoms with van der Waals surface area (Å²) in [4.78, 5) is 15.6. The zero-order chi connectivity index (χ0) is 17.3. The second-order valence-electron chi connectivity index (χ2n) is 5.74. The van der Waals surface area contributed by atoms with E-state index in [1.54, 1.807) is 23.7 Å². The summed E-state index contributed by atoms with van der Waals surface area (Å²) in [5.41, 5.74) is 6.10. The van der Waals surface area contributed by atoms with Gasteiger partial charge in [0.05, 0.1) is 5.69 Å². The van der Waals surface area contributed by atoms with Crippen LogP contribution < -0.4 is 0 Å². The van der Waals surface area contributed by atoms with Crippen LogP contribution in [0.15, 0.2) is 66.7 Å². The molecule has 26 heavy (non-hydrogen) atoms. The molecule has 0 amide bonds. The minimum Gasteiger partial charge on any atom is -0.361 e. The summed E-state index contributed by atoms with van der Waals surface area (Å²) in [6.45, 7) is 0. The van der Waals surface area contributed by atoms with Gasteiger partial charge in [0.25, 0.3) is 0 Å². The number of hydrogen-bond acceptors (Lipinski definition) is 4. The lowest BCUT2D eigenvalue weighted by atomic mass is 9.92. The standard InChI is InChI=1S/C19H14N6S/c1-2-14(20-6-1)12-3-4-13(19-23-10-11-26-19)16(15-5-7-24-25-15)17(12)18-21-8-9-22-18/h1-11,20H,(H,21,22)(H,24,25). The monoisotopic (exact) mass is 358 g/mol. The van der Waals surface area contributed by atoms with Gasteiger partial charge in [0.1, 0.15) is 10.8 Å². The Morgan fingerprint density at radius 3 is 2.42 bits per heavy atom. The topological polar surface area (TPSA) is 86.0 Å². The van der Waals surface area contributed by atoms with Crippen molar-refractivity contribution in [3.05, 3.63) is 66.7 Å². The summed E-state index contributed by atoms with van der Waals surface area (Å²) in [6, 6.07) is 10.2. The van der Waals surface area contributed by atoms with Crippen LogP contribution in [-0.4, -0.2) is 30.1 Å². The summed E-state index contributed by atoms with van der Waals surface area (Å²) >= 11 is 1.61. The van der Waals surface area contributed by atoms with Gasteiger partial charge in [0, 0.05) is 64.3 Å². The highest BCUT2D eigenvalue weighted by Gasteiger charge is 2.22. The minimum atomic E-state index is 0.803. The number of H-pyrrole nitrogens is 3. The molecule has 0 saturated heterocycles. The Morgan fingerprint density at radius 1 is 0.769 bits per heavy atom. The molecule has 7 heteroatoms. The largest absolute Gasteiger partial charge is 0.361 e. The molecule has 0 spiro atoms. The number of aromatic nitrogens is 6. The van der Waals surface area contributed by atoms with Crippen molar-refractivity contribution < 1.29 is 0 Å². The van der Waals surface area contributed by atoms with Gasteiger partial charge in [-0.1, -0.05) is 12.1 Å². The molecule has 0 unspecified atom stereocenters.